The van der Waals surface area contributed by atoms with Crippen LogP contribution in [0.2, 0.25) is 5.02 Å². The normalized spacial score (nSPS) is 10.4. The number of benzene rings is 2. The number of ether oxygens (including phenoxy) is 2. The zero-order chi connectivity index (χ0) is 23.1. The number of rotatable bonds is 9. The molecular formula is C20H14ClNO7S3. The van der Waals surface area contributed by atoms with Crippen LogP contribution in [0.3, 0.4) is 0 Å². The number of hydrogen-bond donors (Lipinski definition) is 0. The molecule has 3 aromatic rings. The number of carbonyl (C=O) groups excluding carboxylic acids is 2. The highest BCUT2D eigenvalue weighted by atomic mass is 35.5. The first-order valence-electron chi connectivity index (χ1n) is 9.02. The lowest BCUT2D eigenvalue weighted by atomic mass is 10.2. The lowest BCUT2D eigenvalue weighted by molar-refractivity contribution is -0.757. The van der Waals surface area contributed by atoms with Gasteiger partial charge in [-0.1, -0.05) is 44.5 Å². The van der Waals surface area contributed by atoms with Gasteiger partial charge in [-0.05, 0) is 60.5 Å². The van der Waals surface area contributed by atoms with Crippen LogP contribution in [0.1, 0.15) is 23.2 Å². The van der Waals surface area contributed by atoms with E-state index in [1.54, 1.807) is 22.5 Å². The van der Waals surface area contributed by atoms with Crippen LogP contribution >= 0.6 is 44.5 Å². The van der Waals surface area contributed by atoms with E-state index in [2.05, 4.69) is 4.84 Å². The number of halogens is 1. The predicted molar refractivity (Wildman–Crippen MR) is 123 cm³/mol. The van der Waals surface area contributed by atoms with E-state index in [1.807, 2.05) is 18.2 Å². The molecule has 0 aliphatic rings. The summed E-state index contributed by atoms with van der Waals surface area (Å²) in [5, 5.41) is 9.18. The molecule has 32 heavy (non-hydrogen) atoms. The summed E-state index contributed by atoms with van der Waals surface area (Å²) in [6.07, 6.45) is 0.0198. The van der Waals surface area contributed by atoms with Crippen LogP contribution in [0, 0.1) is 13.9 Å². The molecule has 8 nitrogen and oxygen atoms in total. The van der Waals surface area contributed by atoms with Gasteiger partial charge in [0.05, 0.1) is 17.2 Å². The maximum Gasteiger partial charge on any atom is 0.343 e. The van der Waals surface area contributed by atoms with Crippen LogP contribution in [-0.4, -0.2) is 23.6 Å². The van der Waals surface area contributed by atoms with Crippen LogP contribution < -0.4 is 9.47 Å². The minimum absolute atomic E-state index is 0.0448. The first-order chi connectivity index (χ1) is 15.3. The van der Waals surface area contributed by atoms with Crippen molar-refractivity contribution < 1.29 is 29.0 Å². The average Bonchev–Trinajstić information content (AvgIpc) is 3.19. The SMILES string of the molecule is O=C(CCCO[N+](=O)[O-])Oc1ccc(C(=O)Oc2ccc(-c3cc(=S)ss3)cc2)cc1Cl. The molecule has 0 N–H and O–H groups in total. The van der Waals surface area contributed by atoms with Gasteiger partial charge in [-0.15, -0.1) is 10.1 Å². The molecule has 0 fully saturated rings. The minimum Gasteiger partial charge on any atom is -0.425 e. The van der Waals surface area contributed by atoms with E-state index in [0.29, 0.717) is 5.75 Å². The Hall–Kier alpha value is -2.86. The standard InChI is InChI=1S/C20H14ClNO7S3/c21-15-10-13(5-8-16(15)29-18(23)2-1-9-27-22(25)26)20(24)28-14-6-3-12(4-7-14)17-11-19(30)32-31-17/h3-8,10-11H,1-2,9H2. The van der Waals surface area contributed by atoms with E-state index < -0.39 is 17.0 Å². The Morgan fingerprint density at radius 3 is 2.44 bits per heavy atom. The fraction of sp³-hybridized carbons (Fsp3) is 0.150. The van der Waals surface area contributed by atoms with Crippen LogP contribution in [0.4, 0.5) is 0 Å². The highest BCUT2D eigenvalue weighted by Crippen LogP contribution is 2.31. The van der Waals surface area contributed by atoms with Crippen molar-refractivity contribution in [2.45, 2.75) is 12.8 Å². The van der Waals surface area contributed by atoms with Crippen LogP contribution in [0.25, 0.3) is 10.4 Å². The van der Waals surface area contributed by atoms with Gasteiger partial charge in [-0.3, -0.25) is 4.79 Å². The number of nitrogens with zero attached hydrogens (tertiary/aromatic N) is 1. The van der Waals surface area contributed by atoms with Gasteiger partial charge in [0.2, 0.25) is 0 Å². The van der Waals surface area contributed by atoms with Gasteiger partial charge >= 0.3 is 11.9 Å². The van der Waals surface area contributed by atoms with Crippen molar-refractivity contribution in [3.05, 3.63) is 73.1 Å². The lowest BCUT2D eigenvalue weighted by Crippen LogP contribution is -2.12. The largest absolute Gasteiger partial charge is 0.425 e. The van der Waals surface area contributed by atoms with Gasteiger partial charge in [0.15, 0.2) is 0 Å². The van der Waals surface area contributed by atoms with Crippen molar-refractivity contribution in [1.29, 1.82) is 0 Å². The number of carbonyl (C=O) groups is 2. The zero-order valence-corrected chi connectivity index (χ0v) is 19.4. The third kappa shape index (κ3) is 6.82. The number of hydrogen-bond acceptors (Lipinski definition) is 10. The Bertz CT molecular complexity index is 1190. The van der Waals surface area contributed by atoms with Crippen LogP contribution in [0.15, 0.2) is 48.5 Å². The van der Waals surface area contributed by atoms with E-state index in [0.717, 1.165) is 14.3 Å². The van der Waals surface area contributed by atoms with E-state index in [4.69, 9.17) is 33.3 Å². The second-order valence-corrected chi connectivity index (χ2v) is 9.51. The first kappa shape index (κ1) is 23.8. The molecule has 0 saturated heterocycles. The Labute approximate surface area is 199 Å². The molecule has 12 heteroatoms. The Kier molecular flexibility index (Phi) is 8.28. The predicted octanol–water partition coefficient (Wildman–Crippen LogP) is 5.97. The topological polar surface area (TPSA) is 105 Å². The summed E-state index contributed by atoms with van der Waals surface area (Å²) in [7, 11) is 3.10. The molecule has 3 rings (SSSR count). The molecule has 0 radical (unpaired) electrons. The van der Waals surface area contributed by atoms with E-state index in [-0.39, 0.29) is 35.8 Å². The zero-order valence-electron chi connectivity index (χ0n) is 16.1. The minimum atomic E-state index is -0.935. The molecule has 1 heterocycles. The second kappa shape index (κ2) is 11.1. The molecule has 0 aliphatic carbocycles. The Morgan fingerprint density at radius 2 is 1.81 bits per heavy atom. The van der Waals surface area contributed by atoms with Gasteiger partial charge in [0, 0.05) is 11.3 Å². The Balaban J connectivity index is 1.57. The molecule has 0 unspecified atom stereocenters. The van der Waals surface area contributed by atoms with Gasteiger partial charge in [-0.25, -0.2) is 4.79 Å². The maximum absolute atomic E-state index is 12.4. The smallest absolute Gasteiger partial charge is 0.343 e. The molecule has 0 aliphatic heterocycles. The molecule has 0 amide bonds. The summed E-state index contributed by atoms with van der Waals surface area (Å²) >= 11 is 11.2. The second-order valence-electron chi connectivity index (χ2n) is 6.19. The Morgan fingerprint density at radius 1 is 1.06 bits per heavy atom. The van der Waals surface area contributed by atoms with Gasteiger partial charge in [0.1, 0.15) is 15.3 Å². The molecule has 0 atom stereocenters. The van der Waals surface area contributed by atoms with Crippen molar-refractivity contribution in [2.75, 3.05) is 6.61 Å². The van der Waals surface area contributed by atoms with Gasteiger partial charge in [0.25, 0.3) is 5.09 Å². The molecule has 1 aromatic heterocycles. The van der Waals surface area contributed by atoms with E-state index in [1.165, 1.54) is 28.5 Å². The molecular weight excluding hydrogens is 498 g/mol. The summed E-state index contributed by atoms with van der Waals surface area (Å²) in [5.41, 5.74) is 1.15. The summed E-state index contributed by atoms with van der Waals surface area (Å²) in [5.74, 6) is -0.836. The monoisotopic (exact) mass is 511 g/mol. The fourth-order valence-electron chi connectivity index (χ4n) is 2.47. The van der Waals surface area contributed by atoms with Gasteiger partial charge < -0.3 is 14.3 Å². The lowest BCUT2D eigenvalue weighted by Gasteiger charge is -2.09. The van der Waals surface area contributed by atoms with Gasteiger partial charge in [-0.2, -0.15) is 0 Å². The fourth-order valence-corrected chi connectivity index (χ4v) is 5.09. The molecule has 166 valence electrons. The average molecular weight is 512 g/mol. The third-order valence-electron chi connectivity index (χ3n) is 3.93. The highest BCUT2D eigenvalue weighted by Gasteiger charge is 2.14. The quantitative estimate of drug-likeness (QED) is 0.0657. The molecule has 0 bridgehead atoms. The van der Waals surface area contributed by atoms with Crippen LogP contribution in [0.5, 0.6) is 11.5 Å². The summed E-state index contributed by atoms with van der Waals surface area (Å²) in [6, 6.07) is 13.1. The first-order valence-corrected chi connectivity index (χ1v) is 12.0. The van der Waals surface area contributed by atoms with Crippen LogP contribution in [-0.2, 0) is 9.63 Å². The van der Waals surface area contributed by atoms with Crippen molar-refractivity contribution in [1.82, 2.24) is 0 Å². The summed E-state index contributed by atoms with van der Waals surface area (Å²) in [6.45, 7) is -0.218. The summed E-state index contributed by atoms with van der Waals surface area (Å²) in [4.78, 5) is 39.4. The molecule has 0 saturated carbocycles. The van der Waals surface area contributed by atoms with E-state index >= 15 is 0 Å². The van der Waals surface area contributed by atoms with Crippen molar-refractivity contribution in [3.63, 3.8) is 0 Å². The third-order valence-corrected chi connectivity index (χ3v) is 7.13. The van der Waals surface area contributed by atoms with Crippen molar-refractivity contribution >= 4 is 56.4 Å². The highest BCUT2D eigenvalue weighted by molar-refractivity contribution is 7.80. The maximum atomic E-state index is 12.4. The summed E-state index contributed by atoms with van der Waals surface area (Å²) < 4.78 is 11.3. The van der Waals surface area contributed by atoms with E-state index in [9.17, 15) is 19.7 Å². The molecule has 0 spiro atoms. The number of esters is 2. The van der Waals surface area contributed by atoms with Crippen molar-refractivity contribution in [2.24, 2.45) is 0 Å². The van der Waals surface area contributed by atoms with Crippen molar-refractivity contribution in [3.8, 4) is 21.9 Å². The molecule has 2 aromatic carbocycles.